The molecule has 1 heterocycles. The van der Waals surface area contributed by atoms with Crippen LogP contribution < -0.4 is 5.32 Å². The Morgan fingerprint density at radius 1 is 1.21 bits per heavy atom. The molecule has 19 heavy (non-hydrogen) atoms. The fraction of sp³-hybridized carbons (Fsp3) is 0.286. The Morgan fingerprint density at radius 3 is 2.47 bits per heavy atom. The summed E-state index contributed by atoms with van der Waals surface area (Å²) < 4.78 is 1.10. The molecule has 0 amide bonds. The van der Waals surface area contributed by atoms with E-state index in [2.05, 4.69) is 44.8 Å². The Morgan fingerprint density at radius 2 is 1.89 bits per heavy atom. The van der Waals surface area contributed by atoms with Crippen molar-refractivity contribution in [1.29, 1.82) is 0 Å². The van der Waals surface area contributed by atoms with Gasteiger partial charge >= 0.3 is 0 Å². The van der Waals surface area contributed by atoms with Crippen molar-refractivity contribution < 1.29 is 0 Å². The predicted molar refractivity (Wildman–Crippen MR) is 87.9 cm³/mol. The molecule has 3 nitrogen and oxygen atoms in total. The minimum absolute atomic E-state index is 0.718. The molecule has 5 heteroatoms. The van der Waals surface area contributed by atoms with Crippen LogP contribution in [0.4, 0.5) is 5.82 Å². The second-order valence-corrected chi connectivity index (χ2v) is 5.67. The fourth-order valence-corrected chi connectivity index (χ4v) is 2.83. The largest absolute Gasteiger partial charge is 0.372 e. The number of nitrogens with zero attached hydrogens (tertiary/aromatic N) is 2. The maximum absolute atomic E-state index is 5.89. The summed E-state index contributed by atoms with van der Waals surface area (Å²) in [4.78, 5) is 9.18. The van der Waals surface area contributed by atoms with Crippen molar-refractivity contribution in [2.75, 3.05) is 12.4 Å². The fourth-order valence-electron chi connectivity index (χ4n) is 1.81. The lowest BCUT2D eigenvalue weighted by Gasteiger charge is -2.10. The Hall–Kier alpha value is -0.880. The number of anilines is 1. The number of nitrogens with one attached hydrogen (secondary N) is 1. The van der Waals surface area contributed by atoms with Gasteiger partial charge in [-0.3, -0.25) is 0 Å². The van der Waals surface area contributed by atoms with Gasteiger partial charge in [0.05, 0.1) is 9.26 Å². The first-order valence-electron chi connectivity index (χ1n) is 6.11. The lowest BCUT2D eigenvalue weighted by atomic mass is 10.1. The van der Waals surface area contributed by atoms with Gasteiger partial charge in [-0.05, 0) is 46.7 Å². The topological polar surface area (TPSA) is 37.8 Å². The summed E-state index contributed by atoms with van der Waals surface area (Å²) in [5.41, 5.74) is 2.25. The monoisotopic (exact) mass is 387 g/mol. The average molecular weight is 388 g/mol. The van der Waals surface area contributed by atoms with Gasteiger partial charge < -0.3 is 5.32 Å². The van der Waals surface area contributed by atoms with Gasteiger partial charge in [-0.2, -0.15) is 0 Å². The van der Waals surface area contributed by atoms with E-state index < -0.39 is 0 Å². The third kappa shape index (κ3) is 3.57. The average Bonchev–Trinajstić information content (AvgIpc) is 2.43. The van der Waals surface area contributed by atoms with Crippen LogP contribution in [0.3, 0.4) is 0 Å². The molecule has 0 aliphatic rings. The molecular formula is C14H15ClIN3. The van der Waals surface area contributed by atoms with E-state index in [0.717, 1.165) is 44.3 Å². The van der Waals surface area contributed by atoms with Crippen molar-refractivity contribution in [3.8, 4) is 0 Å². The molecule has 100 valence electrons. The first-order valence-corrected chi connectivity index (χ1v) is 7.57. The normalized spacial score (nSPS) is 10.5. The lowest BCUT2D eigenvalue weighted by Crippen LogP contribution is -2.07. The molecule has 1 aromatic heterocycles. The minimum atomic E-state index is 0.718. The molecular weight excluding hydrogens is 373 g/mol. The van der Waals surface area contributed by atoms with Crippen LogP contribution in [0.2, 0.25) is 5.02 Å². The Kier molecular flexibility index (Phi) is 4.99. The van der Waals surface area contributed by atoms with Crippen LogP contribution in [0, 0.1) is 3.57 Å². The maximum atomic E-state index is 5.89. The van der Waals surface area contributed by atoms with Crippen LogP contribution in [0.1, 0.15) is 24.0 Å². The van der Waals surface area contributed by atoms with Gasteiger partial charge in [0, 0.05) is 18.5 Å². The third-order valence-electron chi connectivity index (χ3n) is 2.81. The van der Waals surface area contributed by atoms with Gasteiger partial charge in [0.1, 0.15) is 11.6 Å². The standard InChI is InChI=1S/C14H15ClIN3/c1-3-11-13(16)14(17-2)19-12(18-11)8-9-4-6-10(15)7-5-9/h4-7H,3,8H2,1-2H3,(H,17,18,19). The third-order valence-corrected chi connectivity index (χ3v) is 4.20. The molecule has 2 aromatic rings. The first-order chi connectivity index (χ1) is 9.13. The second kappa shape index (κ2) is 6.52. The zero-order valence-electron chi connectivity index (χ0n) is 10.9. The Labute approximate surface area is 132 Å². The number of aromatic nitrogens is 2. The van der Waals surface area contributed by atoms with E-state index in [1.807, 2.05) is 31.3 Å². The lowest BCUT2D eigenvalue weighted by molar-refractivity contribution is 0.897. The van der Waals surface area contributed by atoms with E-state index in [-0.39, 0.29) is 0 Å². The van der Waals surface area contributed by atoms with Crippen LogP contribution in [0.15, 0.2) is 24.3 Å². The molecule has 0 radical (unpaired) electrons. The van der Waals surface area contributed by atoms with Crippen molar-refractivity contribution in [3.05, 3.63) is 49.9 Å². The molecule has 2 rings (SSSR count). The van der Waals surface area contributed by atoms with Crippen molar-refractivity contribution in [2.45, 2.75) is 19.8 Å². The number of hydrogen-bond acceptors (Lipinski definition) is 3. The molecule has 0 fully saturated rings. The highest BCUT2D eigenvalue weighted by Gasteiger charge is 2.10. The maximum Gasteiger partial charge on any atom is 0.143 e. The van der Waals surface area contributed by atoms with Crippen molar-refractivity contribution in [3.63, 3.8) is 0 Å². The van der Waals surface area contributed by atoms with Crippen molar-refractivity contribution >= 4 is 40.0 Å². The molecule has 1 N–H and O–H groups in total. The summed E-state index contributed by atoms with van der Waals surface area (Å²) in [6.07, 6.45) is 1.62. The summed E-state index contributed by atoms with van der Waals surface area (Å²) in [7, 11) is 1.88. The SMILES string of the molecule is CCc1nc(Cc2ccc(Cl)cc2)nc(NC)c1I. The van der Waals surface area contributed by atoms with Gasteiger partial charge in [-0.25, -0.2) is 9.97 Å². The second-order valence-electron chi connectivity index (χ2n) is 4.16. The van der Waals surface area contributed by atoms with Crippen LogP contribution in [-0.2, 0) is 12.8 Å². The summed E-state index contributed by atoms with van der Waals surface area (Å²) >= 11 is 8.18. The van der Waals surface area contributed by atoms with E-state index in [9.17, 15) is 0 Å². The molecule has 0 saturated carbocycles. The van der Waals surface area contributed by atoms with E-state index in [1.54, 1.807) is 0 Å². The predicted octanol–water partition coefficient (Wildman–Crippen LogP) is 3.93. The first kappa shape index (κ1) is 14.5. The summed E-state index contributed by atoms with van der Waals surface area (Å²) in [6, 6.07) is 7.80. The molecule has 0 aliphatic carbocycles. The molecule has 0 atom stereocenters. The number of rotatable bonds is 4. The molecule has 0 saturated heterocycles. The van der Waals surface area contributed by atoms with Crippen LogP contribution in [-0.4, -0.2) is 17.0 Å². The summed E-state index contributed by atoms with van der Waals surface area (Å²) in [6.45, 7) is 2.11. The van der Waals surface area contributed by atoms with Crippen LogP contribution in [0.5, 0.6) is 0 Å². The molecule has 0 aliphatic heterocycles. The highest BCUT2D eigenvalue weighted by Crippen LogP contribution is 2.20. The van der Waals surface area contributed by atoms with Gasteiger partial charge in [-0.1, -0.05) is 30.7 Å². The number of aryl methyl sites for hydroxylation is 1. The Balaban J connectivity index is 2.32. The van der Waals surface area contributed by atoms with Gasteiger partial charge in [-0.15, -0.1) is 0 Å². The van der Waals surface area contributed by atoms with E-state index in [4.69, 9.17) is 11.6 Å². The van der Waals surface area contributed by atoms with E-state index in [0.29, 0.717) is 0 Å². The Bertz CT molecular complexity index is 544. The molecule has 0 bridgehead atoms. The summed E-state index contributed by atoms with van der Waals surface area (Å²) in [5, 5.41) is 3.87. The number of benzene rings is 1. The zero-order valence-corrected chi connectivity index (χ0v) is 13.8. The van der Waals surface area contributed by atoms with Crippen LogP contribution in [0.25, 0.3) is 0 Å². The molecule has 0 spiro atoms. The summed E-state index contributed by atoms with van der Waals surface area (Å²) in [5.74, 6) is 1.74. The van der Waals surface area contributed by atoms with Gasteiger partial charge in [0.25, 0.3) is 0 Å². The zero-order chi connectivity index (χ0) is 13.8. The number of hydrogen-bond donors (Lipinski definition) is 1. The van der Waals surface area contributed by atoms with Crippen molar-refractivity contribution in [2.24, 2.45) is 0 Å². The number of halogens is 2. The highest BCUT2D eigenvalue weighted by atomic mass is 127. The van der Waals surface area contributed by atoms with E-state index in [1.165, 1.54) is 0 Å². The van der Waals surface area contributed by atoms with Crippen molar-refractivity contribution in [1.82, 2.24) is 9.97 Å². The van der Waals surface area contributed by atoms with Crippen LogP contribution >= 0.6 is 34.2 Å². The quantitative estimate of drug-likeness (QED) is 0.808. The van der Waals surface area contributed by atoms with Gasteiger partial charge in [0.2, 0.25) is 0 Å². The minimum Gasteiger partial charge on any atom is -0.372 e. The van der Waals surface area contributed by atoms with Gasteiger partial charge in [0.15, 0.2) is 0 Å². The molecule has 1 aromatic carbocycles. The van der Waals surface area contributed by atoms with E-state index >= 15 is 0 Å². The smallest absolute Gasteiger partial charge is 0.143 e. The highest BCUT2D eigenvalue weighted by molar-refractivity contribution is 14.1. The molecule has 0 unspecified atom stereocenters.